The Morgan fingerprint density at radius 3 is 2.22 bits per heavy atom. The number of methoxy groups -OCH3 is 1. The van der Waals surface area contributed by atoms with Crippen LogP contribution in [0.5, 0.6) is 23.0 Å². The van der Waals surface area contributed by atoms with Gasteiger partial charge in [-0.05, 0) is 36.4 Å². The molecule has 2 N–H and O–H groups in total. The number of hydrogen-bond donors (Lipinski definition) is 2. The lowest BCUT2D eigenvalue weighted by molar-refractivity contribution is 0.298. The average molecular weight is 246 g/mol. The van der Waals surface area contributed by atoms with Crippen LogP contribution in [0.15, 0.2) is 42.5 Å². The summed E-state index contributed by atoms with van der Waals surface area (Å²) in [6, 6.07) is 11.6. The summed E-state index contributed by atoms with van der Waals surface area (Å²) < 4.78 is 10.6. The monoisotopic (exact) mass is 246 g/mol. The van der Waals surface area contributed by atoms with Gasteiger partial charge in [0.2, 0.25) is 0 Å². The summed E-state index contributed by atoms with van der Waals surface area (Å²) in [4.78, 5) is 0. The Bertz CT molecular complexity index is 520. The van der Waals surface area contributed by atoms with Crippen LogP contribution < -0.4 is 9.47 Å². The van der Waals surface area contributed by atoms with Crippen molar-refractivity contribution in [2.24, 2.45) is 0 Å². The summed E-state index contributed by atoms with van der Waals surface area (Å²) in [6.07, 6.45) is 0. The molecule has 0 aliphatic carbocycles. The molecule has 94 valence electrons. The van der Waals surface area contributed by atoms with Crippen molar-refractivity contribution in [2.45, 2.75) is 6.61 Å². The van der Waals surface area contributed by atoms with Crippen LogP contribution in [0.1, 0.15) is 5.56 Å². The topological polar surface area (TPSA) is 58.9 Å². The number of phenolic OH excluding ortho intramolecular Hbond substituents is 2. The maximum absolute atomic E-state index is 9.59. The molecule has 0 unspecified atom stereocenters. The van der Waals surface area contributed by atoms with Gasteiger partial charge < -0.3 is 19.7 Å². The van der Waals surface area contributed by atoms with Gasteiger partial charge in [0.1, 0.15) is 29.6 Å². The first kappa shape index (κ1) is 12.1. The highest BCUT2D eigenvalue weighted by Crippen LogP contribution is 2.24. The Kier molecular flexibility index (Phi) is 3.57. The maximum atomic E-state index is 9.59. The van der Waals surface area contributed by atoms with E-state index < -0.39 is 0 Å². The lowest BCUT2D eigenvalue weighted by Crippen LogP contribution is -1.95. The molecule has 0 amide bonds. The van der Waals surface area contributed by atoms with Crippen LogP contribution >= 0.6 is 0 Å². The van der Waals surface area contributed by atoms with E-state index in [1.807, 2.05) is 0 Å². The minimum atomic E-state index is 0.0171. The highest BCUT2D eigenvalue weighted by molar-refractivity contribution is 5.39. The summed E-state index contributed by atoms with van der Waals surface area (Å²) in [7, 11) is 1.60. The Balaban J connectivity index is 2.02. The van der Waals surface area contributed by atoms with Crippen molar-refractivity contribution < 1.29 is 19.7 Å². The van der Waals surface area contributed by atoms with E-state index in [0.717, 1.165) is 5.75 Å². The molecular weight excluding hydrogens is 232 g/mol. The molecule has 4 heteroatoms. The van der Waals surface area contributed by atoms with Gasteiger partial charge in [-0.1, -0.05) is 0 Å². The van der Waals surface area contributed by atoms with E-state index in [9.17, 15) is 5.11 Å². The molecule has 2 rings (SSSR count). The molecule has 0 spiro atoms. The van der Waals surface area contributed by atoms with Crippen molar-refractivity contribution in [3.8, 4) is 23.0 Å². The first-order valence-electron chi connectivity index (χ1n) is 5.47. The second kappa shape index (κ2) is 5.31. The SMILES string of the molecule is COc1ccc(OCc2ccc(O)cc2O)cc1. The molecule has 0 heterocycles. The van der Waals surface area contributed by atoms with Gasteiger partial charge in [0.05, 0.1) is 7.11 Å². The lowest BCUT2D eigenvalue weighted by atomic mass is 10.2. The Morgan fingerprint density at radius 1 is 0.944 bits per heavy atom. The van der Waals surface area contributed by atoms with Gasteiger partial charge in [-0.2, -0.15) is 0 Å². The average Bonchev–Trinajstić information content (AvgIpc) is 2.38. The largest absolute Gasteiger partial charge is 0.508 e. The molecule has 0 atom stereocenters. The van der Waals surface area contributed by atoms with E-state index in [0.29, 0.717) is 11.3 Å². The van der Waals surface area contributed by atoms with Gasteiger partial charge >= 0.3 is 0 Å². The van der Waals surface area contributed by atoms with E-state index in [2.05, 4.69) is 0 Å². The fraction of sp³-hybridized carbons (Fsp3) is 0.143. The fourth-order valence-corrected chi connectivity index (χ4v) is 1.51. The van der Waals surface area contributed by atoms with Crippen LogP contribution in [0.3, 0.4) is 0 Å². The molecule has 2 aromatic rings. The second-order valence-electron chi connectivity index (χ2n) is 3.78. The maximum Gasteiger partial charge on any atom is 0.125 e. The third-order valence-corrected chi connectivity index (χ3v) is 2.52. The lowest BCUT2D eigenvalue weighted by Gasteiger charge is -2.08. The van der Waals surface area contributed by atoms with Gasteiger partial charge in [0.25, 0.3) is 0 Å². The van der Waals surface area contributed by atoms with Crippen LogP contribution in [0.4, 0.5) is 0 Å². The minimum absolute atomic E-state index is 0.0171. The molecule has 0 saturated heterocycles. The number of phenols is 2. The zero-order valence-corrected chi connectivity index (χ0v) is 9.96. The summed E-state index contributed by atoms with van der Waals surface area (Å²) in [5.74, 6) is 1.49. The third-order valence-electron chi connectivity index (χ3n) is 2.52. The number of rotatable bonds is 4. The quantitative estimate of drug-likeness (QED) is 0.870. The molecule has 18 heavy (non-hydrogen) atoms. The normalized spacial score (nSPS) is 10.1. The van der Waals surface area contributed by atoms with E-state index in [-0.39, 0.29) is 18.1 Å². The number of aromatic hydroxyl groups is 2. The van der Waals surface area contributed by atoms with Crippen molar-refractivity contribution in [1.29, 1.82) is 0 Å². The molecule has 0 bridgehead atoms. The number of ether oxygens (including phenoxy) is 2. The first-order valence-corrected chi connectivity index (χ1v) is 5.47. The van der Waals surface area contributed by atoms with E-state index in [1.165, 1.54) is 12.1 Å². The van der Waals surface area contributed by atoms with Crippen molar-refractivity contribution in [1.82, 2.24) is 0 Å². The Morgan fingerprint density at radius 2 is 1.61 bits per heavy atom. The smallest absolute Gasteiger partial charge is 0.125 e. The summed E-state index contributed by atoms with van der Waals surface area (Å²) in [5, 5.41) is 18.8. The zero-order chi connectivity index (χ0) is 13.0. The summed E-state index contributed by atoms with van der Waals surface area (Å²) in [6.45, 7) is 0.235. The molecule has 0 aromatic heterocycles. The molecule has 0 aliphatic heterocycles. The first-order chi connectivity index (χ1) is 8.69. The number of hydrogen-bond acceptors (Lipinski definition) is 4. The highest BCUT2D eigenvalue weighted by Gasteiger charge is 2.03. The number of benzene rings is 2. The van der Waals surface area contributed by atoms with Crippen molar-refractivity contribution in [3.05, 3.63) is 48.0 Å². The molecular formula is C14H14O4. The van der Waals surface area contributed by atoms with Gasteiger partial charge in [0, 0.05) is 11.6 Å². The Hall–Kier alpha value is -2.36. The van der Waals surface area contributed by atoms with Crippen LogP contribution in [0.25, 0.3) is 0 Å². The highest BCUT2D eigenvalue weighted by atomic mass is 16.5. The summed E-state index contributed by atoms with van der Waals surface area (Å²) >= 11 is 0. The van der Waals surface area contributed by atoms with Gasteiger partial charge in [-0.15, -0.1) is 0 Å². The van der Waals surface area contributed by atoms with Crippen molar-refractivity contribution in [2.75, 3.05) is 7.11 Å². The predicted molar refractivity (Wildman–Crippen MR) is 67.1 cm³/mol. The molecule has 2 aromatic carbocycles. The zero-order valence-electron chi connectivity index (χ0n) is 9.96. The third kappa shape index (κ3) is 2.85. The van der Waals surface area contributed by atoms with Gasteiger partial charge in [-0.25, -0.2) is 0 Å². The van der Waals surface area contributed by atoms with Gasteiger partial charge in [-0.3, -0.25) is 0 Å². The van der Waals surface area contributed by atoms with Crippen LogP contribution in [0.2, 0.25) is 0 Å². The minimum Gasteiger partial charge on any atom is -0.508 e. The fourth-order valence-electron chi connectivity index (χ4n) is 1.51. The molecule has 0 radical (unpaired) electrons. The van der Waals surface area contributed by atoms with Crippen LogP contribution in [0, 0.1) is 0 Å². The molecule has 0 aliphatic rings. The standard InChI is InChI=1S/C14H14O4/c1-17-12-4-6-13(7-5-12)18-9-10-2-3-11(15)8-14(10)16/h2-8,15-16H,9H2,1H3. The van der Waals surface area contributed by atoms with Crippen LogP contribution in [-0.2, 0) is 6.61 Å². The van der Waals surface area contributed by atoms with E-state index in [4.69, 9.17) is 14.6 Å². The molecule has 0 saturated carbocycles. The Labute approximate surface area is 105 Å². The second-order valence-corrected chi connectivity index (χ2v) is 3.78. The molecule has 0 fully saturated rings. The molecule has 4 nitrogen and oxygen atoms in total. The van der Waals surface area contributed by atoms with Gasteiger partial charge in [0.15, 0.2) is 0 Å². The van der Waals surface area contributed by atoms with E-state index in [1.54, 1.807) is 37.4 Å². The van der Waals surface area contributed by atoms with Crippen molar-refractivity contribution >= 4 is 0 Å². The van der Waals surface area contributed by atoms with Crippen LogP contribution in [-0.4, -0.2) is 17.3 Å². The van der Waals surface area contributed by atoms with E-state index >= 15 is 0 Å². The predicted octanol–water partition coefficient (Wildman–Crippen LogP) is 2.69. The summed E-state index contributed by atoms with van der Waals surface area (Å²) in [5.41, 5.74) is 0.614. The van der Waals surface area contributed by atoms with Crippen molar-refractivity contribution in [3.63, 3.8) is 0 Å².